The van der Waals surface area contributed by atoms with E-state index in [0.717, 1.165) is 28.9 Å². The average Bonchev–Trinajstić information content (AvgIpc) is 3.14. The Hall–Kier alpha value is -3.00. The van der Waals surface area contributed by atoms with Crippen molar-refractivity contribution in [3.05, 3.63) is 40.7 Å². The number of carbonyl (C=O) groups excluding carboxylic acids is 1. The first-order valence-corrected chi connectivity index (χ1v) is 12.3. The molecule has 0 saturated heterocycles. The molecule has 3 rings (SSSR count). The van der Waals surface area contributed by atoms with Crippen LogP contribution in [0.3, 0.4) is 0 Å². The van der Waals surface area contributed by atoms with Crippen molar-refractivity contribution in [3.63, 3.8) is 0 Å². The quantitative estimate of drug-likeness (QED) is 0.371. The first-order valence-electron chi connectivity index (χ1n) is 11.5. The number of ether oxygens (including phenoxy) is 4. The second kappa shape index (κ2) is 11.7. The molecule has 8 heteroatoms. The third-order valence-corrected chi connectivity index (χ3v) is 5.81. The first kappa shape index (κ1) is 24.6. The molecular formula is C25H32N2O5S. The maximum Gasteiger partial charge on any atom is 0.279 e. The smallest absolute Gasteiger partial charge is 0.279 e. The minimum absolute atomic E-state index is 0.366. The molecule has 3 aromatic rings. The van der Waals surface area contributed by atoms with Gasteiger partial charge in [-0.05, 0) is 58.4 Å². The van der Waals surface area contributed by atoms with Crippen LogP contribution in [0.25, 0.3) is 10.2 Å². The van der Waals surface area contributed by atoms with Crippen LogP contribution in [0, 0.1) is 0 Å². The fourth-order valence-electron chi connectivity index (χ4n) is 3.55. The summed E-state index contributed by atoms with van der Waals surface area (Å²) in [6.07, 6.45) is 0.902. The van der Waals surface area contributed by atoms with E-state index < -0.39 is 0 Å². The lowest BCUT2D eigenvalue weighted by atomic mass is 10.1. The van der Waals surface area contributed by atoms with Crippen LogP contribution in [0.5, 0.6) is 23.0 Å². The standard InChI is InChI=1S/C25H32N2O5S/c1-6-14-27-22-18(29-7-2)12-11-13-21(22)33-25(27)26-24(28)17-15-19(30-8-3)23(32-10-5)20(16-17)31-9-4/h11-13,15-16H,6-10,14H2,1-5H3. The van der Waals surface area contributed by atoms with Crippen LogP contribution in [0.15, 0.2) is 35.3 Å². The lowest BCUT2D eigenvalue weighted by molar-refractivity contribution is 0.0996. The van der Waals surface area contributed by atoms with Gasteiger partial charge in [-0.2, -0.15) is 4.99 Å². The third kappa shape index (κ3) is 5.50. The second-order valence-corrected chi connectivity index (χ2v) is 8.10. The maximum absolute atomic E-state index is 13.3. The number of para-hydroxylation sites is 1. The van der Waals surface area contributed by atoms with Gasteiger partial charge in [-0.1, -0.05) is 24.3 Å². The van der Waals surface area contributed by atoms with Gasteiger partial charge in [-0.3, -0.25) is 4.79 Å². The van der Waals surface area contributed by atoms with Crippen LogP contribution in [-0.2, 0) is 6.54 Å². The van der Waals surface area contributed by atoms with Crippen molar-refractivity contribution in [1.82, 2.24) is 4.57 Å². The van der Waals surface area contributed by atoms with Crippen molar-refractivity contribution in [2.24, 2.45) is 4.99 Å². The number of rotatable bonds is 11. The molecule has 0 aliphatic carbocycles. The van der Waals surface area contributed by atoms with Crippen molar-refractivity contribution in [2.45, 2.75) is 47.6 Å². The molecule has 7 nitrogen and oxygen atoms in total. The molecule has 0 atom stereocenters. The van der Waals surface area contributed by atoms with Gasteiger partial charge in [0.2, 0.25) is 5.75 Å². The largest absolute Gasteiger partial charge is 0.492 e. The Morgan fingerprint density at radius 3 is 2.06 bits per heavy atom. The summed E-state index contributed by atoms with van der Waals surface area (Å²) in [5.41, 5.74) is 1.35. The van der Waals surface area contributed by atoms with Crippen LogP contribution in [0.2, 0.25) is 0 Å². The van der Waals surface area contributed by atoms with E-state index in [2.05, 4.69) is 16.5 Å². The van der Waals surface area contributed by atoms with Gasteiger partial charge in [0.25, 0.3) is 5.91 Å². The van der Waals surface area contributed by atoms with Gasteiger partial charge in [-0.15, -0.1) is 0 Å². The predicted molar refractivity (Wildman–Crippen MR) is 131 cm³/mol. The SMILES string of the molecule is CCCn1c(=NC(=O)c2cc(OCC)c(OCC)c(OCC)c2)sc2cccc(OCC)c21. The van der Waals surface area contributed by atoms with Crippen LogP contribution in [0.4, 0.5) is 0 Å². The zero-order valence-corrected chi connectivity index (χ0v) is 20.8. The van der Waals surface area contributed by atoms with E-state index in [4.69, 9.17) is 18.9 Å². The van der Waals surface area contributed by atoms with Crippen LogP contribution < -0.4 is 23.7 Å². The highest BCUT2D eigenvalue weighted by atomic mass is 32.1. The fourth-order valence-corrected chi connectivity index (χ4v) is 4.62. The van der Waals surface area contributed by atoms with Crippen LogP contribution in [-0.4, -0.2) is 36.9 Å². The Balaban J connectivity index is 2.15. The van der Waals surface area contributed by atoms with Gasteiger partial charge in [0.1, 0.15) is 11.3 Å². The van der Waals surface area contributed by atoms with Gasteiger partial charge in [0, 0.05) is 12.1 Å². The molecule has 0 fully saturated rings. The lowest BCUT2D eigenvalue weighted by Gasteiger charge is -2.16. The second-order valence-electron chi connectivity index (χ2n) is 7.09. The molecule has 178 valence electrons. The lowest BCUT2D eigenvalue weighted by Crippen LogP contribution is -2.17. The van der Waals surface area contributed by atoms with E-state index in [-0.39, 0.29) is 5.91 Å². The highest BCUT2D eigenvalue weighted by Crippen LogP contribution is 2.39. The third-order valence-electron chi connectivity index (χ3n) is 4.76. The molecule has 1 amide bonds. The number of benzene rings is 2. The predicted octanol–water partition coefficient (Wildman–Crippen LogP) is 5.45. The van der Waals surface area contributed by atoms with E-state index in [0.29, 0.717) is 54.0 Å². The molecule has 0 N–H and O–H groups in total. The summed E-state index contributed by atoms with van der Waals surface area (Å²) in [4.78, 5) is 18.4. The van der Waals surface area contributed by atoms with Crippen LogP contribution in [0.1, 0.15) is 51.4 Å². The van der Waals surface area contributed by atoms with Gasteiger partial charge in [0.05, 0.1) is 31.1 Å². The molecule has 0 radical (unpaired) electrons. The summed E-state index contributed by atoms with van der Waals surface area (Å²) >= 11 is 1.48. The maximum atomic E-state index is 13.3. The fraction of sp³-hybridized carbons (Fsp3) is 0.440. The Kier molecular flexibility index (Phi) is 8.77. The van der Waals surface area contributed by atoms with Crippen molar-refractivity contribution in [1.29, 1.82) is 0 Å². The van der Waals surface area contributed by atoms with E-state index in [9.17, 15) is 4.79 Å². The molecule has 0 aliphatic heterocycles. The number of aromatic nitrogens is 1. The Morgan fingerprint density at radius 1 is 0.879 bits per heavy atom. The van der Waals surface area contributed by atoms with Gasteiger partial charge in [-0.25, -0.2) is 0 Å². The Morgan fingerprint density at radius 2 is 1.48 bits per heavy atom. The van der Waals surface area contributed by atoms with E-state index in [1.54, 1.807) is 12.1 Å². The summed E-state index contributed by atoms with van der Waals surface area (Å²) < 4.78 is 26.2. The zero-order chi connectivity index (χ0) is 23.8. The van der Waals surface area contributed by atoms with E-state index in [1.807, 2.05) is 45.9 Å². The number of fused-ring (bicyclic) bond motifs is 1. The summed E-state index contributed by atoms with van der Waals surface area (Å²) in [6.45, 7) is 12.4. The Bertz CT molecular complexity index is 1140. The minimum atomic E-state index is -0.366. The van der Waals surface area contributed by atoms with Crippen molar-refractivity contribution < 1.29 is 23.7 Å². The van der Waals surface area contributed by atoms with Crippen LogP contribution >= 0.6 is 11.3 Å². The molecule has 0 bridgehead atoms. The molecule has 0 spiro atoms. The highest BCUT2D eigenvalue weighted by molar-refractivity contribution is 7.16. The molecular weight excluding hydrogens is 440 g/mol. The van der Waals surface area contributed by atoms with Crippen molar-refractivity contribution >= 4 is 27.5 Å². The molecule has 1 heterocycles. The van der Waals surface area contributed by atoms with Gasteiger partial charge >= 0.3 is 0 Å². The molecule has 33 heavy (non-hydrogen) atoms. The minimum Gasteiger partial charge on any atom is -0.492 e. The molecule has 0 aliphatic rings. The number of thiazole rings is 1. The summed E-state index contributed by atoms with van der Waals surface area (Å²) in [6, 6.07) is 9.28. The molecule has 0 saturated carbocycles. The van der Waals surface area contributed by atoms with E-state index >= 15 is 0 Å². The molecule has 0 unspecified atom stereocenters. The molecule has 1 aromatic heterocycles. The van der Waals surface area contributed by atoms with Crippen molar-refractivity contribution in [3.8, 4) is 23.0 Å². The number of aryl methyl sites for hydroxylation is 1. The summed E-state index contributed by atoms with van der Waals surface area (Å²) in [5.74, 6) is 1.88. The topological polar surface area (TPSA) is 71.3 Å². The van der Waals surface area contributed by atoms with Gasteiger partial charge < -0.3 is 23.5 Å². The molecule has 2 aromatic carbocycles. The number of hydrogen-bond donors (Lipinski definition) is 0. The number of amides is 1. The van der Waals surface area contributed by atoms with Gasteiger partial charge in [0.15, 0.2) is 16.3 Å². The van der Waals surface area contributed by atoms with E-state index in [1.165, 1.54) is 11.3 Å². The normalized spacial score (nSPS) is 11.6. The summed E-state index contributed by atoms with van der Waals surface area (Å²) in [7, 11) is 0. The van der Waals surface area contributed by atoms with Crippen molar-refractivity contribution in [2.75, 3.05) is 26.4 Å². The average molecular weight is 473 g/mol. The monoisotopic (exact) mass is 472 g/mol. The number of carbonyl (C=O) groups is 1. The first-order chi connectivity index (χ1) is 16.1. The zero-order valence-electron chi connectivity index (χ0n) is 20.0. The Labute approximate surface area is 198 Å². The highest BCUT2D eigenvalue weighted by Gasteiger charge is 2.19. The number of nitrogens with zero attached hydrogens (tertiary/aromatic N) is 2. The summed E-state index contributed by atoms with van der Waals surface area (Å²) in [5, 5.41) is 0. The number of hydrogen-bond acceptors (Lipinski definition) is 6.